The van der Waals surface area contributed by atoms with Gasteiger partial charge in [-0.05, 0) is 13.0 Å². The maximum absolute atomic E-state index is 10.3. The number of nitrogens with one attached hydrogen (secondary N) is 3. The average Bonchev–Trinajstić information content (AvgIpc) is 2.60. The van der Waals surface area contributed by atoms with E-state index in [2.05, 4.69) is 22.9 Å². The number of carbonyl (C=O) groups is 1. The molecule has 0 atom stereocenters. The molecule has 0 aliphatic rings. The molecule has 4 N–H and O–H groups in total. The Hall–Kier alpha value is -0.360. The Morgan fingerprint density at radius 2 is 1.00 bits per heavy atom. The lowest BCUT2D eigenvalue weighted by molar-refractivity contribution is -0.135. The van der Waals surface area contributed by atoms with Crippen LogP contribution in [0.1, 0.15) is 84.0 Å². The number of carboxylic acids is 1. The van der Waals surface area contributed by atoms with Crippen molar-refractivity contribution in [2.75, 3.05) is 39.3 Å². The molecule has 0 aromatic rings. The van der Waals surface area contributed by atoms with Crippen LogP contribution < -0.4 is 16.0 Å². The van der Waals surface area contributed by atoms with Crippen LogP contribution in [-0.4, -0.2) is 50.3 Å². The molecule has 0 amide bonds. The number of hydrogen-bond acceptors (Lipinski definition) is 4. The predicted octanol–water partition coefficient (Wildman–Crippen LogP) is 3.96. The molecule has 0 aliphatic heterocycles. The number of rotatable bonds is 21. The summed E-state index contributed by atoms with van der Waals surface area (Å²) in [4.78, 5) is 10.3. The van der Waals surface area contributed by atoms with Crippen LogP contribution in [0.25, 0.3) is 0 Å². The lowest BCUT2D eigenvalue weighted by Gasteiger charge is -2.07. The quantitative estimate of drug-likeness (QED) is 0.222. The molecule has 6 heteroatoms. The van der Waals surface area contributed by atoms with E-state index in [0.29, 0.717) is 6.54 Å². The summed E-state index contributed by atoms with van der Waals surface area (Å²) in [5.41, 5.74) is 0. The van der Waals surface area contributed by atoms with Crippen LogP contribution in [0.15, 0.2) is 0 Å². The summed E-state index contributed by atoms with van der Waals surface area (Å²) >= 11 is 0. The van der Waals surface area contributed by atoms with Crippen LogP contribution in [-0.2, 0) is 4.79 Å². The highest BCUT2D eigenvalue weighted by atomic mass is 35.5. The molecule has 158 valence electrons. The van der Waals surface area contributed by atoms with Crippen molar-refractivity contribution in [3.63, 3.8) is 0 Å². The van der Waals surface area contributed by atoms with Crippen LogP contribution in [0.2, 0.25) is 0 Å². The van der Waals surface area contributed by atoms with Gasteiger partial charge in [0.25, 0.3) is 0 Å². The van der Waals surface area contributed by atoms with E-state index in [9.17, 15) is 4.79 Å². The Bertz CT molecular complexity index is 282. The van der Waals surface area contributed by atoms with E-state index in [-0.39, 0.29) is 19.0 Å². The van der Waals surface area contributed by atoms with Crippen molar-refractivity contribution in [2.24, 2.45) is 0 Å². The lowest BCUT2D eigenvalue weighted by atomic mass is 10.1. The van der Waals surface area contributed by atoms with E-state index in [4.69, 9.17) is 5.11 Å². The van der Waals surface area contributed by atoms with Gasteiger partial charge >= 0.3 is 5.97 Å². The van der Waals surface area contributed by atoms with E-state index in [1.54, 1.807) is 0 Å². The Kier molecular flexibility index (Phi) is 26.4. The molecule has 0 heterocycles. The summed E-state index contributed by atoms with van der Waals surface area (Å²) < 4.78 is 0. The van der Waals surface area contributed by atoms with E-state index in [0.717, 1.165) is 26.2 Å². The summed E-state index contributed by atoms with van der Waals surface area (Å²) in [6.07, 6.45) is 16.7. The molecule has 5 nitrogen and oxygen atoms in total. The molecule has 26 heavy (non-hydrogen) atoms. The molecule has 0 saturated heterocycles. The topological polar surface area (TPSA) is 73.4 Å². The number of unbranched alkanes of at least 4 members (excludes halogenated alkanes) is 11. The molecular formula is C20H44ClN3O2. The first-order valence-electron chi connectivity index (χ1n) is 10.6. The van der Waals surface area contributed by atoms with Gasteiger partial charge in [0.2, 0.25) is 0 Å². The molecule has 0 bridgehead atoms. The van der Waals surface area contributed by atoms with Gasteiger partial charge in [0.1, 0.15) is 0 Å². The van der Waals surface area contributed by atoms with Crippen molar-refractivity contribution in [1.29, 1.82) is 0 Å². The lowest BCUT2D eigenvalue weighted by Crippen LogP contribution is -2.34. The molecular weight excluding hydrogens is 350 g/mol. The smallest absolute Gasteiger partial charge is 0.317 e. The minimum absolute atomic E-state index is 0. The fourth-order valence-corrected chi connectivity index (χ4v) is 2.89. The first-order chi connectivity index (χ1) is 12.3. The highest BCUT2D eigenvalue weighted by molar-refractivity contribution is 5.85. The summed E-state index contributed by atoms with van der Waals surface area (Å²) in [5, 5.41) is 18.1. The van der Waals surface area contributed by atoms with Gasteiger partial charge in [-0.15, -0.1) is 12.4 Å². The second-order valence-electron chi connectivity index (χ2n) is 6.96. The third kappa shape index (κ3) is 25.9. The summed E-state index contributed by atoms with van der Waals surface area (Å²) in [7, 11) is 0. The van der Waals surface area contributed by atoms with Crippen molar-refractivity contribution in [2.45, 2.75) is 84.0 Å². The summed E-state index contributed by atoms with van der Waals surface area (Å²) in [5.74, 6) is -0.802. The second-order valence-corrected chi connectivity index (χ2v) is 6.96. The van der Waals surface area contributed by atoms with Crippen molar-refractivity contribution >= 4 is 18.4 Å². The first kappa shape index (κ1) is 27.9. The molecule has 0 aromatic carbocycles. The third-order valence-corrected chi connectivity index (χ3v) is 4.44. The molecule has 0 rings (SSSR count). The van der Waals surface area contributed by atoms with Gasteiger partial charge < -0.3 is 21.1 Å². The van der Waals surface area contributed by atoms with Crippen LogP contribution >= 0.6 is 12.4 Å². The molecule has 0 fully saturated rings. The monoisotopic (exact) mass is 393 g/mol. The fourth-order valence-electron chi connectivity index (χ4n) is 2.89. The van der Waals surface area contributed by atoms with Crippen LogP contribution in [0.4, 0.5) is 0 Å². The summed E-state index contributed by atoms with van der Waals surface area (Å²) in [6, 6.07) is 0. The Morgan fingerprint density at radius 1 is 0.615 bits per heavy atom. The van der Waals surface area contributed by atoms with Crippen LogP contribution in [0, 0.1) is 0 Å². The van der Waals surface area contributed by atoms with Crippen molar-refractivity contribution < 1.29 is 9.90 Å². The molecule has 0 saturated carbocycles. The van der Waals surface area contributed by atoms with Gasteiger partial charge in [0, 0.05) is 26.2 Å². The van der Waals surface area contributed by atoms with E-state index < -0.39 is 5.97 Å². The van der Waals surface area contributed by atoms with Gasteiger partial charge in [0.15, 0.2) is 0 Å². The Balaban J connectivity index is 0. The van der Waals surface area contributed by atoms with E-state index in [1.165, 1.54) is 77.0 Å². The Morgan fingerprint density at radius 3 is 1.46 bits per heavy atom. The second kappa shape index (κ2) is 24.6. The first-order valence-corrected chi connectivity index (χ1v) is 10.6. The average molecular weight is 394 g/mol. The normalized spacial score (nSPS) is 10.7. The van der Waals surface area contributed by atoms with E-state index >= 15 is 0 Å². The van der Waals surface area contributed by atoms with E-state index in [1.807, 2.05) is 0 Å². The predicted molar refractivity (Wildman–Crippen MR) is 115 cm³/mol. The maximum atomic E-state index is 10.3. The molecule has 0 aromatic heterocycles. The number of hydrogen-bond donors (Lipinski definition) is 4. The molecule has 0 unspecified atom stereocenters. The SMILES string of the molecule is CCCCCCCCCCCCCCNCCNCCNCC(=O)O.Cl. The zero-order chi connectivity index (χ0) is 18.4. The fraction of sp³-hybridized carbons (Fsp3) is 0.950. The molecule has 0 spiro atoms. The number of halogens is 1. The zero-order valence-electron chi connectivity index (χ0n) is 17.0. The number of carboxylic acid groups (broad SMARTS) is 1. The van der Waals surface area contributed by atoms with Crippen LogP contribution in [0.3, 0.4) is 0 Å². The molecule has 0 radical (unpaired) electrons. The maximum Gasteiger partial charge on any atom is 0.317 e. The minimum atomic E-state index is -0.802. The van der Waals surface area contributed by atoms with Gasteiger partial charge in [-0.25, -0.2) is 0 Å². The Labute approximate surface area is 167 Å². The van der Waals surface area contributed by atoms with Crippen molar-refractivity contribution in [3.05, 3.63) is 0 Å². The van der Waals surface area contributed by atoms with Gasteiger partial charge in [-0.3, -0.25) is 4.79 Å². The number of aliphatic carboxylic acids is 1. The van der Waals surface area contributed by atoms with Gasteiger partial charge in [-0.1, -0.05) is 77.6 Å². The standard InChI is InChI=1S/C20H43N3O2.ClH/c1-2-3-4-5-6-7-8-9-10-11-12-13-14-21-15-16-22-17-18-23-19-20(24)25;/h21-23H,2-19H2,1H3,(H,24,25);1H. The largest absolute Gasteiger partial charge is 0.480 e. The van der Waals surface area contributed by atoms with Crippen molar-refractivity contribution in [1.82, 2.24) is 16.0 Å². The third-order valence-electron chi connectivity index (χ3n) is 4.44. The van der Waals surface area contributed by atoms with Crippen LogP contribution in [0.5, 0.6) is 0 Å². The van der Waals surface area contributed by atoms with Crippen molar-refractivity contribution in [3.8, 4) is 0 Å². The van der Waals surface area contributed by atoms with Gasteiger partial charge in [-0.2, -0.15) is 0 Å². The van der Waals surface area contributed by atoms with Gasteiger partial charge in [0.05, 0.1) is 6.54 Å². The minimum Gasteiger partial charge on any atom is -0.480 e. The zero-order valence-corrected chi connectivity index (χ0v) is 17.8. The highest BCUT2D eigenvalue weighted by Gasteiger charge is 1.95. The highest BCUT2D eigenvalue weighted by Crippen LogP contribution is 2.11. The summed E-state index contributed by atoms with van der Waals surface area (Å²) in [6.45, 7) is 6.86. The molecule has 0 aliphatic carbocycles.